The van der Waals surface area contributed by atoms with E-state index in [2.05, 4.69) is 0 Å². The maximum Gasteiger partial charge on any atom is 0.117 e. The van der Waals surface area contributed by atoms with Gasteiger partial charge in [-0.3, -0.25) is 0 Å². The second-order valence-corrected chi connectivity index (χ2v) is 4.10. The number of phenolic OH excluding ortho intramolecular Hbond substituents is 1. The molecule has 0 aliphatic carbocycles. The first-order valence-corrected chi connectivity index (χ1v) is 5.28. The van der Waals surface area contributed by atoms with Crippen LogP contribution in [0.3, 0.4) is 0 Å². The van der Waals surface area contributed by atoms with Crippen LogP contribution in [-0.2, 0) is 0 Å². The summed E-state index contributed by atoms with van der Waals surface area (Å²) in [5.41, 5.74) is 6.54. The summed E-state index contributed by atoms with van der Waals surface area (Å²) in [5.74, 6) is 0.136. The quantitative estimate of drug-likeness (QED) is 0.750. The first kappa shape index (κ1) is 11.2. The molecule has 0 aliphatic rings. The molecule has 0 radical (unpaired) electrons. The number of nitrogens with two attached hydrogens (primary N) is 1. The SMILES string of the molecule is NC(CO)c1ccc2cc(O)cc(Cl)c2c1. The van der Waals surface area contributed by atoms with Crippen LogP contribution in [0.25, 0.3) is 10.8 Å². The van der Waals surface area contributed by atoms with E-state index in [1.807, 2.05) is 18.2 Å². The summed E-state index contributed by atoms with van der Waals surface area (Å²) >= 11 is 6.02. The normalized spacial score (nSPS) is 12.9. The molecule has 4 heteroatoms. The molecule has 3 nitrogen and oxygen atoms in total. The molecule has 2 aromatic carbocycles. The van der Waals surface area contributed by atoms with E-state index < -0.39 is 6.04 Å². The molecule has 4 N–H and O–H groups in total. The first-order chi connectivity index (χ1) is 7.61. The second-order valence-electron chi connectivity index (χ2n) is 3.70. The number of aliphatic hydroxyl groups is 1. The van der Waals surface area contributed by atoms with Crippen molar-refractivity contribution in [1.82, 2.24) is 0 Å². The van der Waals surface area contributed by atoms with Crippen LogP contribution in [0.2, 0.25) is 5.02 Å². The van der Waals surface area contributed by atoms with E-state index in [1.165, 1.54) is 6.07 Å². The van der Waals surface area contributed by atoms with Gasteiger partial charge < -0.3 is 15.9 Å². The van der Waals surface area contributed by atoms with E-state index in [0.29, 0.717) is 5.02 Å². The van der Waals surface area contributed by atoms with Gasteiger partial charge in [0.25, 0.3) is 0 Å². The predicted octanol–water partition coefficient (Wildman–Crippen LogP) is 2.19. The third kappa shape index (κ3) is 1.97. The van der Waals surface area contributed by atoms with Crippen LogP contribution >= 0.6 is 11.6 Å². The van der Waals surface area contributed by atoms with Crippen molar-refractivity contribution in [3.8, 4) is 5.75 Å². The van der Waals surface area contributed by atoms with Crippen molar-refractivity contribution in [2.45, 2.75) is 6.04 Å². The van der Waals surface area contributed by atoms with E-state index in [1.54, 1.807) is 6.07 Å². The van der Waals surface area contributed by atoms with Crippen molar-refractivity contribution >= 4 is 22.4 Å². The fourth-order valence-electron chi connectivity index (χ4n) is 1.65. The molecule has 1 atom stereocenters. The molecule has 16 heavy (non-hydrogen) atoms. The Labute approximate surface area is 98.1 Å². The Hall–Kier alpha value is -1.29. The Balaban J connectivity index is 2.62. The van der Waals surface area contributed by atoms with Crippen molar-refractivity contribution in [1.29, 1.82) is 0 Å². The highest BCUT2D eigenvalue weighted by atomic mass is 35.5. The first-order valence-electron chi connectivity index (χ1n) is 4.90. The highest BCUT2D eigenvalue weighted by Gasteiger charge is 2.07. The van der Waals surface area contributed by atoms with E-state index in [-0.39, 0.29) is 12.4 Å². The van der Waals surface area contributed by atoms with E-state index in [0.717, 1.165) is 16.3 Å². The summed E-state index contributed by atoms with van der Waals surface area (Å²) in [6.45, 7) is -0.110. The minimum atomic E-state index is -0.408. The fraction of sp³-hybridized carbons (Fsp3) is 0.167. The molecule has 2 aromatic rings. The zero-order chi connectivity index (χ0) is 11.7. The van der Waals surface area contributed by atoms with Crippen LogP contribution in [0.4, 0.5) is 0 Å². The van der Waals surface area contributed by atoms with Gasteiger partial charge in [0.05, 0.1) is 17.7 Å². The molecule has 0 spiro atoms. The number of rotatable bonds is 2. The molecule has 84 valence electrons. The average Bonchev–Trinajstić information content (AvgIpc) is 2.27. The number of fused-ring (bicyclic) bond motifs is 1. The summed E-state index contributed by atoms with van der Waals surface area (Å²) in [5, 5.41) is 20.5. The molecule has 0 bridgehead atoms. The van der Waals surface area contributed by atoms with Crippen LogP contribution in [-0.4, -0.2) is 16.8 Å². The van der Waals surface area contributed by atoms with Crippen LogP contribution in [0, 0.1) is 0 Å². The third-order valence-corrected chi connectivity index (χ3v) is 2.85. The smallest absolute Gasteiger partial charge is 0.117 e. The molecule has 0 aromatic heterocycles. The van der Waals surface area contributed by atoms with Crippen molar-refractivity contribution < 1.29 is 10.2 Å². The van der Waals surface area contributed by atoms with Crippen molar-refractivity contribution in [2.75, 3.05) is 6.61 Å². The Kier molecular flexibility index (Phi) is 3.01. The van der Waals surface area contributed by atoms with Gasteiger partial charge in [0, 0.05) is 5.39 Å². The van der Waals surface area contributed by atoms with E-state index in [4.69, 9.17) is 22.4 Å². The Morgan fingerprint density at radius 2 is 2.00 bits per heavy atom. The number of hydrogen-bond donors (Lipinski definition) is 3. The number of hydrogen-bond acceptors (Lipinski definition) is 3. The molecule has 0 heterocycles. The van der Waals surface area contributed by atoms with Crippen LogP contribution in [0.1, 0.15) is 11.6 Å². The third-order valence-electron chi connectivity index (χ3n) is 2.54. The van der Waals surface area contributed by atoms with Gasteiger partial charge in [-0.2, -0.15) is 0 Å². The molecule has 0 fully saturated rings. The van der Waals surface area contributed by atoms with Gasteiger partial charge in [0.2, 0.25) is 0 Å². The number of halogens is 1. The van der Waals surface area contributed by atoms with Gasteiger partial charge in [-0.05, 0) is 29.1 Å². The molecular formula is C12H12ClNO2. The average molecular weight is 238 g/mol. The highest BCUT2D eigenvalue weighted by Crippen LogP contribution is 2.30. The van der Waals surface area contributed by atoms with Crippen molar-refractivity contribution in [3.63, 3.8) is 0 Å². The lowest BCUT2D eigenvalue weighted by molar-refractivity contribution is 0.268. The molecule has 0 amide bonds. The van der Waals surface area contributed by atoms with Gasteiger partial charge in [-0.1, -0.05) is 23.7 Å². The van der Waals surface area contributed by atoms with E-state index >= 15 is 0 Å². The second kappa shape index (κ2) is 4.29. The van der Waals surface area contributed by atoms with Crippen molar-refractivity contribution in [2.24, 2.45) is 5.73 Å². The van der Waals surface area contributed by atoms with Crippen molar-refractivity contribution in [3.05, 3.63) is 40.9 Å². The fourth-order valence-corrected chi connectivity index (χ4v) is 1.93. The molecule has 0 aliphatic heterocycles. The van der Waals surface area contributed by atoms with Gasteiger partial charge >= 0.3 is 0 Å². The van der Waals surface area contributed by atoms with Gasteiger partial charge in [-0.15, -0.1) is 0 Å². The van der Waals surface area contributed by atoms with Gasteiger partial charge in [0.1, 0.15) is 5.75 Å². The standard InChI is InChI=1S/C12H12ClNO2/c13-11-5-9(16)3-7-1-2-8(4-10(7)11)12(14)6-15/h1-5,12,15-16H,6,14H2. The number of benzene rings is 2. The molecule has 1 unspecified atom stereocenters. The molecule has 2 rings (SSSR count). The lowest BCUT2D eigenvalue weighted by Gasteiger charge is -2.10. The summed E-state index contributed by atoms with van der Waals surface area (Å²) in [7, 11) is 0. The topological polar surface area (TPSA) is 66.5 Å². The monoisotopic (exact) mass is 237 g/mol. The lowest BCUT2D eigenvalue weighted by Crippen LogP contribution is -2.14. The maximum atomic E-state index is 9.39. The Bertz CT molecular complexity index is 528. The summed E-state index contributed by atoms with van der Waals surface area (Å²) in [6, 6.07) is 8.19. The summed E-state index contributed by atoms with van der Waals surface area (Å²) in [6.07, 6.45) is 0. The van der Waals surface area contributed by atoms with Gasteiger partial charge in [0.15, 0.2) is 0 Å². The van der Waals surface area contributed by atoms with Crippen LogP contribution in [0.15, 0.2) is 30.3 Å². The van der Waals surface area contributed by atoms with Crippen LogP contribution in [0.5, 0.6) is 5.75 Å². The largest absolute Gasteiger partial charge is 0.508 e. The number of aromatic hydroxyl groups is 1. The zero-order valence-corrected chi connectivity index (χ0v) is 9.28. The number of aliphatic hydroxyl groups excluding tert-OH is 1. The Morgan fingerprint density at radius 1 is 1.25 bits per heavy atom. The van der Waals surface area contributed by atoms with E-state index in [9.17, 15) is 5.11 Å². The molecular weight excluding hydrogens is 226 g/mol. The lowest BCUT2D eigenvalue weighted by atomic mass is 10.0. The minimum absolute atomic E-state index is 0.110. The van der Waals surface area contributed by atoms with Gasteiger partial charge in [-0.25, -0.2) is 0 Å². The predicted molar refractivity (Wildman–Crippen MR) is 64.6 cm³/mol. The zero-order valence-electron chi connectivity index (χ0n) is 8.52. The summed E-state index contributed by atoms with van der Waals surface area (Å²) in [4.78, 5) is 0. The highest BCUT2D eigenvalue weighted by molar-refractivity contribution is 6.35. The van der Waals surface area contributed by atoms with Crippen LogP contribution < -0.4 is 5.73 Å². The molecule has 0 saturated carbocycles. The summed E-state index contributed by atoms with van der Waals surface area (Å²) < 4.78 is 0. The molecule has 0 saturated heterocycles. The minimum Gasteiger partial charge on any atom is -0.508 e. The number of phenols is 1. The maximum absolute atomic E-state index is 9.39. The Morgan fingerprint density at radius 3 is 2.69 bits per heavy atom.